The Kier molecular flexibility index (Phi) is 3.47. The predicted molar refractivity (Wildman–Crippen MR) is 87.1 cm³/mol. The number of rotatable bonds is 4. The van der Waals surface area contributed by atoms with Crippen LogP contribution in [-0.2, 0) is 9.59 Å². The summed E-state index contributed by atoms with van der Waals surface area (Å²) < 4.78 is 5.57. The fourth-order valence-corrected chi connectivity index (χ4v) is 4.24. The fraction of sp³-hybridized carbons (Fsp3) is 0.474. The van der Waals surface area contributed by atoms with E-state index in [4.69, 9.17) is 4.74 Å². The van der Waals surface area contributed by atoms with Gasteiger partial charge < -0.3 is 4.74 Å². The topological polar surface area (TPSA) is 46.6 Å². The van der Waals surface area contributed by atoms with Crippen LogP contribution in [0.25, 0.3) is 0 Å². The third-order valence-corrected chi connectivity index (χ3v) is 5.33. The number of hydrogen-bond donors (Lipinski definition) is 0. The molecule has 0 radical (unpaired) electrons. The third kappa shape index (κ3) is 2.19. The summed E-state index contributed by atoms with van der Waals surface area (Å²) in [7, 11) is 0. The van der Waals surface area contributed by atoms with Crippen molar-refractivity contribution in [2.45, 2.75) is 26.2 Å². The van der Waals surface area contributed by atoms with Gasteiger partial charge in [-0.25, -0.2) is 0 Å². The van der Waals surface area contributed by atoms with E-state index in [1.807, 2.05) is 24.3 Å². The number of hydrogen-bond acceptors (Lipinski definition) is 3. The normalized spacial score (nSPS) is 31.6. The standard InChI is InChI=1S/C19H21NO3/c1-2-11-23-15-9-7-14(8-10-15)20-18(21)16-12-3-4-13(6-5-12)17(16)19(20)22/h3-4,7-10,12-13,16-17H,2,5-6,11H2,1H3/t12-,13-,16-,17-/m0/s1. The maximum absolute atomic E-state index is 12.8. The van der Waals surface area contributed by atoms with Crippen LogP contribution in [0.4, 0.5) is 5.69 Å². The number of benzene rings is 1. The van der Waals surface area contributed by atoms with Gasteiger partial charge >= 0.3 is 0 Å². The Morgan fingerprint density at radius 2 is 1.57 bits per heavy atom. The van der Waals surface area contributed by atoms with Crippen LogP contribution in [0.15, 0.2) is 36.4 Å². The second-order valence-corrected chi connectivity index (χ2v) is 6.70. The minimum Gasteiger partial charge on any atom is -0.494 e. The first-order valence-corrected chi connectivity index (χ1v) is 8.49. The molecule has 1 aromatic carbocycles. The summed E-state index contributed by atoms with van der Waals surface area (Å²) >= 11 is 0. The molecule has 4 atom stereocenters. The zero-order valence-electron chi connectivity index (χ0n) is 13.3. The van der Waals surface area contributed by atoms with Gasteiger partial charge in [0.25, 0.3) is 0 Å². The van der Waals surface area contributed by atoms with Crippen LogP contribution in [0.3, 0.4) is 0 Å². The van der Waals surface area contributed by atoms with Crippen LogP contribution in [0.5, 0.6) is 5.75 Å². The number of fused-ring (bicyclic) bond motifs is 1. The van der Waals surface area contributed by atoms with Gasteiger partial charge in [0.1, 0.15) is 5.75 Å². The van der Waals surface area contributed by atoms with Crippen LogP contribution >= 0.6 is 0 Å². The summed E-state index contributed by atoms with van der Waals surface area (Å²) in [6, 6.07) is 7.29. The monoisotopic (exact) mass is 311 g/mol. The van der Waals surface area contributed by atoms with E-state index < -0.39 is 0 Å². The van der Waals surface area contributed by atoms with Crippen molar-refractivity contribution in [2.24, 2.45) is 23.7 Å². The number of carbonyl (C=O) groups is 2. The quantitative estimate of drug-likeness (QED) is 0.634. The fourth-order valence-electron chi connectivity index (χ4n) is 4.24. The van der Waals surface area contributed by atoms with Crippen molar-refractivity contribution in [3.8, 4) is 5.75 Å². The summed E-state index contributed by atoms with van der Waals surface area (Å²) in [5.41, 5.74) is 0.664. The molecule has 1 aromatic rings. The van der Waals surface area contributed by atoms with Gasteiger partial charge in [0.2, 0.25) is 11.8 Å². The Morgan fingerprint density at radius 3 is 2.04 bits per heavy atom. The molecular weight excluding hydrogens is 290 g/mol. The molecular formula is C19H21NO3. The predicted octanol–water partition coefficient (Wildman–Crippen LogP) is 3.18. The van der Waals surface area contributed by atoms with E-state index in [9.17, 15) is 9.59 Å². The van der Waals surface area contributed by atoms with Crippen molar-refractivity contribution in [1.82, 2.24) is 0 Å². The van der Waals surface area contributed by atoms with E-state index in [1.54, 1.807) is 0 Å². The van der Waals surface area contributed by atoms with Crippen LogP contribution in [0, 0.1) is 23.7 Å². The van der Waals surface area contributed by atoms with Gasteiger partial charge in [0.05, 0.1) is 24.1 Å². The molecule has 5 rings (SSSR count). The summed E-state index contributed by atoms with van der Waals surface area (Å²) in [6.07, 6.45) is 7.29. The molecule has 23 heavy (non-hydrogen) atoms. The number of imide groups is 1. The molecule has 120 valence electrons. The third-order valence-electron chi connectivity index (χ3n) is 5.33. The van der Waals surface area contributed by atoms with Gasteiger partial charge in [-0.05, 0) is 55.4 Å². The van der Waals surface area contributed by atoms with Gasteiger partial charge in [-0.15, -0.1) is 0 Å². The lowest BCUT2D eigenvalue weighted by atomic mass is 9.63. The molecule has 0 N–H and O–H groups in total. The molecule has 4 nitrogen and oxygen atoms in total. The molecule has 2 amide bonds. The number of allylic oxidation sites excluding steroid dienone is 2. The SMILES string of the molecule is CCCOc1ccc(N2C(=O)[C@@H]3[C@@H](C2=O)[C@H]2C=C[C@H]3CC2)cc1. The van der Waals surface area contributed by atoms with Crippen molar-refractivity contribution < 1.29 is 14.3 Å². The van der Waals surface area contributed by atoms with Gasteiger partial charge in [-0.3, -0.25) is 14.5 Å². The first-order chi connectivity index (χ1) is 11.2. The van der Waals surface area contributed by atoms with E-state index in [2.05, 4.69) is 19.1 Å². The molecule has 0 spiro atoms. The van der Waals surface area contributed by atoms with Crippen molar-refractivity contribution in [3.05, 3.63) is 36.4 Å². The molecule has 0 unspecified atom stereocenters. The minimum absolute atomic E-state index is 0.0266. The largest absolute Gasteiger partial charge is 0.494 e. The average molecular weight is 311 g/mol. The zero-order chi connectivity index (χ0) is 16.0. The maximum Gasteiger partial charge on any atom is 0.238 e. The Morgan fingerprint density at radius 1 is 1.00 bits per heavy atom. The Bertz CT molecular complexity index is 632. The van der Waals surface area contributed by atoms with Crippen molar-refractivity contribution in [1.29, 1.82) is 0 Å². The highest BCUT2D eigenvalue weighted by Crippen LogP contribution is 2.50. The van der Waals surface area contributed by atoms with Gasteiger partial charge in [0, 0.05) is 0 Å². The van der Waals surface area contributed by atoms with Crippen LogP contribution in [-0.4, -0.2) is 18.4 Å². The Hall–Kier alpha value is -2.10. The smallest absolute Gasteiger partial charge is 0.238 e. The van der Waals surface area contributed by atoms with Crippen LogP contribution in [0.2, 0.25) is 0 Å². The van der Waals surface area contributed by atoms with Crippen LogP contribution in [0.1, 0.15) is 26.2 Å². The highest BCUT2D eigenvalue weighted by Gasteiger charge is 2.56. The lowest BCUT2D eigenvalue weighted by molar-refractivity contribution is -0.124. The van der Waals surface area contributed by atoms with Gasteiger partial charge in [0.15, 0.2) is 0 Å². The summed E-state index contributed by atoms with van der Waals surface area (Å²) in [5.74, 6) is 0.887. The number of ether oxygens (including phenoxy) is 1. The Labute approximate surface area is 136 Å². The summed E-state index contributed by atoms with van der Waals surface area (Å²) in [6.45, 7) is 2.72. The second kappa shape index (κ2) is 5.52. The molecule has 4 aliphatic rings. The van der Waals surface area contributed by atoms with E-state index >= 15 is 0 Å². The lowest BCUT2D eigenvalue weighted by Gasteiger charge is -2.38. The molecule has 3 aliphatic carbocycles. The first kappa shape index (κ1) is 14.5. The maximum atomic E-state index is 12.8. The highest BCUT2D eigenvalue weighted by atomic mass is 16.5. The lowest BCUT2D eigenvalue weighted by Crippen LogP contribution is -2.38. The first-order valence-electron chi connectivity index (χ1n) is 8.49. The van der Waals surface area contributed by atoms with Crippen molar-refractivity contribution in [2.75, 3.05) is 11.5 Å². The zero-order valence-corrected chi connectivity index (χ0v) is 13.3. The summed E-state index contributed by atoms with van der Waals surface area (Å²) in [4.78, 5) is 27.1. The van der Waals surface area contributed by atoms with Gasteiger partial charge in [-0.2, -0.15) is 0 Å². The summed E-state index contributed by atoms with van der Waals surface area (Å²) in [5, 5.41) is 0. The number of anilines is 1. The Balaban J connectivity index is 1.60. The van der Waals surface area contributed by atoms with E-state index in [0.717, 1.165) is 25.0 Å². The molecule has 1 saturated heterocycles. The number of nitrogens with zero attached hydrogens (tertiary/aromatic N) is 1. The molecule has 1 heterocycles. The van der Waals surface area contributed by atoms with E-state index in [-0.39, 0.29) is 35.5 Å². The number of amides is 2. The average Bonchev–Trinajstić information content (AvgIpc) is 2.88. The molecule has 0 aromatic heterocycles. The molecule has 1 aliphatic heterocycles. The van der Waals surface area contributed by atoms with E-state index in [1.165, 1.54) is 4.90 Å². The minimum atomic E-state index is -0.151. The molecule has 2 bridgehead atoms. The molecule has 2 fully saturated rings. The van der Waals surface area contributed by atoms with Crippen LogP contribution < -0.4 is 9.64 Å². The molecule has 4 heteroatoms. The van der Waals surface area contributed by atoms with E-state index in [0.29, 0.717) is 12.3 Å². The highest BCUT2D eigenvalue weighted by molar-refractivity contribution is 6.22. The van der Waals surface area contributed by atoms with Crippen molar-refractivity contribution in [3.63, 3.8) is 0 Å². The van der Waals surface area contributed by atoms with Crippen molar-refractivity contribution >= 4 is 17.5 Å². The molecule has 1 saturated carbocycles. The number of carbonyl (C=O) groups excluding carboxylic acids is 2. The second-order valence-electron chi connectivity index (χ2n) is 6.70. The van der Waals surface area contributed by atoms with Gasteiger partial charge in [-0.1, -0.05) is 19.1 Å².